The van der Waals surface area contributed by atoms with Crippen LogP contribution in [0.25, 0.3) is 11.2 Å². The summed E-state index contributed by atoms with van der Waals surface area (Å²) in [5, 5.41) is 0. The van der Waals surface area contributed by atoms with Gasteiger partial charge in [0.2, 0.25) is 0 Å². The monoisotopic (exact) mass is 279 g/mol. The second-order valence-electron chi connectivity index (χ2n) is 5.15. The van der Waals surface area contributed by atoms with Crippen molar-refractivity contribution in [2.75, 3.05) is 20.6 Å². The van der Waals surface area contributed by atoms with E-state index in [1.54, 1.807) is 4.57 Å². The number of nitrogens with zero attached hydrogens (tertiary/aromatic N) is 4. The number of aromatic nitrogens is 4. The maximum absolute atomic E-state index is 12.4. The Morgan fingerprint density at radius 2 is 2.00 bits per heavy atom. The fraction of sp³-hybridized carbons (Fsp3) is 0.615. The van der Waals surface area contributed by atoms with E-state index < -0.39 is 0 Å². The molecule has 0 aliphatic rings. The second kappa shape index (κ2) is 6.04. The summed E-state index contributed by atoms with van der Waals surface area (Å²) in [6.07, 6.45) is 3.04. The smallest absolute Gasteiger partial charge is 0.332 e. The van der Waals surface area contributed by atoms with E-state index >= 15 is 0 Å². The summed E-state index contributed by atoms with van der Waals surface area (Å²) in [5.41, 5.74) is 0.303. The summed E-state index contributed by atoms with van der Waals surface area (Å²) in [6, 6.07) is 0. The van der Waals surface area contributed by atoms with Crippen LogP contribution in [0.3, 0.4) is 0 Å². The van der Waals surface area contributed by atoms with Gasteiger partial charge in [-0.3, -0.25) is 13.9 Å². The number of fused-ring (bicyclic) bond motifs is 1. The van der Waals surface area contributed by atoms with Crippen molar-refractivity contribution in [2.24, 2.45) is 0 Å². The Balaban J connectivity index is 2.48. The van der Waals surface area contributed by atoms with Crippen LogP contribution in [-0.2, 0) is 13.1 Å². The minimum Gasteiger partial charge on any atom is -0.339 e. The average molecular weight is 279 g/mol. The van der Waals surface area contributed by atoms with Gasteiger partial charge in [0, 0.05) is 13.1 Å². The number of aryl methyl sites for hydroxylation is 1. The molecule has 0 saturated carbocycles. The first-order valence-corrected chi connectivity index (χ1v) is 6.87. The molecule has 0 aliphatic carbocycles. The Labute approximate surface area is 116 Å². The molecule has 20 heavy (non-hydrogen) atoms. The van der Waals surface area contributed by atoms with Crippen LogP contribution < -0.4 is 11.2 Å². The molecule has 110 valence electrons. The van der Waals surface area contributed by atoms with E-state index in [1.807, 2.05) is 25.9 Å². The number of nitrogens with one attached hydrogen (secondary N) is 1. The molecule has 2 aromatic rings. The lowest BCUT2D eigenvalue weighted by atomic mass is 10.4. The van der Waals surface area contributed by atoms with Crippen LogP contribution in [0, 0.1) is 0 Å². The van der Waals surface area contributed by atoms with E-state index in [9.17, 15) is 9.59 Å². The van der Waals surface area contributed by atoms with E-state index in [0.29, 0.717) is 24.3 Å². The molecule has 0 saturated heterocycles. The van der Waals surface area contributed by atoms with Gasteiger partial charge in [0.05, 0.1) is 6.33 Å². The summed E-state index contributed by atoms with van der Waals surface area (Å²) in [6.45, 7) is 3.82. The van der Waals surface area contributed by atoms with Gasteiger partial charge in [-0.15, -0.1) is 0 Å². The zero-order chi connectivity index (χ0) is 14.7. The molecule has 7 nitrogen and oxygen atoms in total. The van der Waals surface area contributed by atoms with Gasteiger partial charge >= 0.3 is 5.69 Å². The van der Waals surface area contributed by atoms with Gasteiger partial charge in [0.1, 0.15) is 5.52 Å². The largest absolute Gasteiger partial charge is 0.339 e. The minimum absolute atomic E-state index is 0.268. The van der Waals surface area contributed by atoms with E-state index in [4.69, 9.17) is 0 Å². The molecule has 7 heteroatoms. The third kappa shape index (κ3) is 2.67. The van der Waals surface area contributed by atoms with Gasteiger partial charge in [-0.05, 0) is 33.5 Å². The van der Waals surface area contributed by atoms with Crippen LogP contribution in [0.15, 0.2) is 15.9 Å². The molecule has 0 radical (unpaired) electrons. The molecule has 0 fully saturated rings. The normalized spacial score (nSPS) is 11.6. The van der Waals surface area contributed by atoms with Gasteiger partial charge in [-0.1, -0.05) is 6.92 Å². The second-order valence-corrected chi connectivity index (χ2v) is 5.15. The van der Waals surface area contributed by atoms with Crippen LogP contribution in [0.2, 0.25) is 0 Å². The van der Waals surface area contributed by atoms with Gasteiger partial charge in [-0.25, -0.2) is 9.78 Å². The highest BCUT2D eigenvalue weighted by molar-refractivity contribution is 5.68. The van der Waals surface area contributed by atoms with Crippen LogP contribution in [-0.4, -0.2) is 44.6 Å². The first-order valence-electron chi connectivity index (χ1n) is 6.87. The first-order chi connectivity index (χ1) is 9.56. The quantitative estimate of drug-likeness (QED) is 0.822. The van der Waals surface area contributed by atoms with Gasteiger partial charge in [0.25, 0.3) is 5.56 Å². The molecule has 1 N–H and O–H groups in total. The summed E-state index contributed by atoms with van der Waals surface area (Å²) in [5.74, 6) is 0. The van der Waals surface area contributed by atoms with Crippen molar-refractivity contribution in [2.45, 2.75) is 32.9 Å². The van der Waals surface area contributed by atoms with Gasteiger partial charge < -0.3 is 9.88 Å². The highest BCUT2D eigenvalue weighted by atomic mass is 16.2. The van der Waals surface area contributed by atoms with Crippen LogP contribution >= 0.6 is 0 Å². The lowest BCUT2D eigenvalue weighted by Gasteiger charge is -2.12. The SMILES string of the molecule is CCCn1c(=O)n(CCCN(C)C)c(=O)c2[nH]cnc21. The van der Waals surface area contributed by atoms with E-state index in [0.717, 1.165) is 19.4 Å². The summed E-state index contributed by atoms with van der Waals surface area (Å²) >= 11 is 0. The van der Waals surface area contributed by atoms with Crippen molar-refractivity contribution in [3.8, 4) is 0 Å². The summed E-state index contributed by atoms with van der Waals surface area (Å²) in [7, 11) is 3.94. The molecule has 2 rings (SSSR count). The fourth-order valence-corrected chi connectivity index (χ4v) is 2.27. The van der Waals surface area contributed by atoms with Gasteiger partial charge in [-0.2, -0.15) is 0 Å². The predicted molar refractivity (Wildman–Crippen MR) is 78.1 cm³/mol. The minimum atomic E-state index is -0.284. The zero-order valence-corrected chi connectivity index (χ0v) is 12.2. The molecule has 0 spiro atoms. The van der Waals surface area contributed by atoms with E-state index in [1.165, 1.54) is 10.9 Å². The molecule has 2 aromatic heterocycles. The van der Waals surface area contributed by atoms with E-state index in [2.05, 4.69) is 9.97 Å². The maximum atomic E-state index is 12.4. The molecule has 0 aliphatic heterocycles. The maximum Gasteiger partial charge on any atom is 0.332 e. The molecule has 0 atom stereocenters. The predicted octanol–water partition coefficient (Wildman–Crippen LogP) is 0.248. The Bertz CT molecular complexity index is 695. The van der Waals surface area contributed by atoms with Crippen molar-refractivity contribution in [1.29, 1.82) is 0 Å². The molecule has 0 aromatic carbocycles. The third-order valence-electron chi connectivity index (χ3n) is 3.23. The van der Waals surface area contributed by atoms with Crippen molar-refractivity contribution in [3.05, 3.63) is 27.2 Å². The van der Waals surface area contributed by atoms with Crippen molar-refractivity contribution in [3.63, 3.8) is 0 Å². The first kappa shape index (κ1) is 14.5. The van der Waals surface area contributed by atoms with Crippen LogP contribution in [0.4, 0.5) is 0 Å². The van der Waals surface area contributed by atoms with Crippen molar-refractivity contribution < 1.29 is 0 Å². The average Bonchev–Trinajstić information content (AvgIpc) is 2.87. The summed E-state index contributed by atoms with van der Waals surface area (Å²) in [4.78, 5) is 33.7. The Morgan fingerprint density at radius 3 is 2.65 bits per heavy atom. The lowest BCUT2D eigenvalue weighted by Crippen LogP contribution is -2.40. The number of imidazole rings is 1. The number of hydrogen-bond acceptors (Lipinski definition) is 4. The zero-order valence-electron chi connectivity index (χ0n) is 12.2. The standard InChI is InChI=1S/C13H21N5O2/c1-4-6-17-11-10(14-9-15-11)12(19)18(13(17)20)8-5-7-16(2)3/h9H,4-8H2,1-3H3,(H,14,15). The number of rotatable bonds is 6. The molecule has 0 bridgehead atoms. The van der Waals surface area contributed by atoms with Crippen LogP contribution in [0.1, 0.15) is 19.8 Å². The fourth-order valence-electron chi connectivity index (χ4n) is 2.27. The molecular formula is C13H21N5O2. The third-order valence-corrected chi connectivity index (χ3v) is 3.23. The molecular weight excluding hydrogens is 258 g/mol. The highest BCUT2D eigenvalue weighted by Gasteiger charge is 2.14. The summed E-state index contributed by atoms with van der Waals surface area (Å²) < 4.78 is 2.88. The van der Waals surface area contributed by atoms with Crippen molar-refractivity contribution in [1.82, 2.24) is 24.0 Å². The van der Waals surface area contributed by atoms with Crippen LogP contribution in [0.5, 0.6) is 0 Å². The Morgan fingerprint density at radius 1 is 1.25 bits per heavy atom. The molecule has 0 unspecified atom stereocenters. The number of aromatic amines is 1. The Hall–Kier alpha value is -1.89. The highest BCUT2D eigenvalue weighted by Crippen LogP contribution is 2.02. The van der Waals surface area contributed by atoms with Gasteiger partial charge in [0.15, 0.2) is 5.65 Å². The van der Waals surface area contributed by atoms with E-state index in [-0.39, 0.29) is 11.2 Å². The topological polar surface area (TPSA) is 75.9 Å². The lowest BCUT2D eigenvalue weighted by molar-refractivity contribution is 0.380. The van der Waals surface area contributed by atoms with Crippen molar-refractivity contribution >= 4 is 11.2 Å². The molecule has 2 heterocycles. The number of H-pyrrole nitrogens is 1. The number of hydrogen-bond donors (Lipinski definition) is 1. The molecule has 0 amide bonds. The Kier molecular flexibility index (Phi) is 4.39.